The molecule has 0 saturated carbocycles. The van der Waals surface area contributed by atoms with Crippen molar-refractivity contribution in [1.82, 2.24) is 0 Å². The van der Waals surface area contributed by atoms with Crippen molar-refractivity contribution >= 4 is 11.7 Å². The molecule has 2 rings (SSSR count). The average Bonchev–Trinajstić information content (AvgIpc) is 2.64. The fourth-order valence-electron chi connectivity index (χ4n) is 1.67. The first kappa shape index (κ1) is 20.6. The highest BCUT2D eigenvalue weighted by Gasteiger charge is 2.05. The molecule has 2 aromatic rings. The van der Waals surface area contributed by atoms with Crippen molar-refractivity contribution < 1.29 is 14.3 Å². The summed E-state index contributed by atoms with van der Waals surface area (Å²) in [5, 5.41) is 0. The van der Waals surface area contributed by atoms with Crippen molar-refractivity contribution in [2.45, 2.75) is 40.5 Å². The van der Waals surface area contributed by atoms with Crippen LogP contribution in [0.15, 0.2) is 48.5 Å². The van der Waals surface area contributed by atoms with Gasteiger partial charge in [0.25, 0.3) is 0 Å². The summed E-state index contributed by atoms with van der Waals surface area (Å²) in [5.74, 6) is -0.947. The van der Waals surface area contributed by atoms with Gasteiger partial charge in [0.1, 0.15) is 0 Å². The molecule has 0 aliphatic heterocycles. The molecule has 0 bridgehead atoms. The van der Waals surface area contributed by atoms with Crippen molar-refractivity contribution in [1.29, 1.82) is 0 Å². The Morgan fingerprint density at radius 1 is 0.913 bits per heavy atom. The lowest BCUT2D eigenvalue weighted by molar-refractivity contribution is -0.0788. The number of benzene rings is 2. The monoisotopic (exact) mass is 319 g/mol. The number of hydrogen-bond donors (Lipinski definition) is 1. The van der Waals surface area contributed by atoms with Crippen LogP contribution >= 0.6 is 0 Å². The van der Waals surface area contributed by atoms with Crippen LogP contribution in [0.3, 0.4) is 0 Å². The van der Waals surface area contributed by atoms with E-state index < -0.39 is 5.97 Å². The molecule has 4 heteroatoms. The van der Waals surface area contributed by atoms with Crippen LogP contribution in [0.4, 0.5) is 10.2 Å². The van der Waals surface area contributed by atoms with Gasteiger partial charge in [0.15, 0.2) is 0 Å². The molecule has 0 heterocycles. The van der Waals surface area contributed by atoms with Crippen molar-refractivity contribution in [3.8, 4) is 0 Å². The Balaban J connectivity index is 0.000000392. The molecule has 0 spiro atoms. The molecule has 0 atom stereocenters. The number of nitrogen functional groups attached to an aromatic ring is 1. The second-order valence-electron chi connectivity index (χ2n) is 4.51. The molecule has 0 aromatic heterocycles. The van der Waals surface area contributed by atoms with Crippen LogP contribution in [0.1, 0.15) is 49.2 Å². The Morgan fingerprint density at radius 2 is 1.30 bits per heavy atom. The summed E-state index contributed by atoms with van der Waals surface area (Å²) < 4.78 is 11.4. The number of hydrogen-bond acceptors (Lipinski definition) is 3. The van der Waals surface area contributed by atoms with E-state index in [0.717, 1.165) is 24.1 Å². The first-order valence-corrected chi connectivity index (χ1v) is 7.87. The van der Waals surface area contributed by atoms with Crippen molar-refractivity contribution in [3.63, 3.8) is 0 Å². The van der Waals surface area contributed by atoms with Crippen molar-refractivity contribution in [3.05, 3.63) is 65.2 Å². The maximum absolute atomic E-state index is 11.4. The zero-order chi connectivity index (χ0) is 17.7. The van der Waals surface area contributed by atoms with Gasteiger partial charge in [0.05, 0.1) is 5.56 Å². The molecule has 0 fully saturated rings. The molecule has 0 aliphatic carbocycles. The van der Waals surface area contributed by atoms with Crippen LogP contribution in [-0.2, 0) is 17.8 Å². The van der Waals surface area contributed by atoms with Crippen LogP contribution < -0.4 is 5.73 Å². The molecule has 3 nitrogen and oxygen atoms in total. The maximum atomic E-state index is 11.4. The van der Waals surface area contributed by atoms with Gasteiger partial charge in [0, 0.05) is 10.2 Å². The number of rotatable bonds is 3. The molecule has 0 amide bonds. The second kappa shape index (κ2) is 12.2. The SMILES string of the molecule is CC.CCc1ccc(C(=O)OF)cc1.CCc1ccc(N)cc1. The van der Waals surface area contributed by atoms with Gasteiger partial charge in [0.2, 0.25) is 0 Å². The van der Waals surface area contributed by atoms with Crippen LogP contribution in [-0.4, -0.2) is 5.97 Å². The standard InChI is InChI=1S/C9H9FO2.C8H11N.C2H6/c1-2-7-3-5-8(6-4-7)9(11)12-10;1-2-7-3-5-8(9)6-4-7;1-2/h3-6H,2H2,1H3;3-6H,2,9H2,1H3;1-2H3. The number of nitrogens with two attached hydrogens (primary N) is 1. The Labute approximate surface area is 138 Å². The lowest BCUT2D eigenvalue weighted by atomic mass is 10.1. The number of anilines is 1. The molecule has 0 aliphatic rings. The Kier molecular flexibility index (Phi) is 11.0. The lowest BCUT2D eigenvalue weighted by Crippen LogP contribution is -1.98. The molecule has 2 aromatic carbocycles. The van der Waals surface area contributed by atoms with Gasteiger partial charge < -0.3 is 5.73 Å². The molecule has 0 unspecified atom stereocenters. The fourth-order valence-corrected chi connectivity index (χ4v) is 1.67. The smallest absolute Gasteiger partial charge is 0.379 e. The topological polar surface area (TPSA) is 52.3 Å². The van der Waals surface area contributed by atoms with Gasteiger partial charge in [-0.1, -0.05) is 52.0 Å². The predicted molar refractivity (Wildman–Crippen MR) is 93.9 cm³/mol. The van der Waals surface area contributed by atoms with Crippen LogP contribution in [0.2, 0.25) is 0 Å². The highest BCUT2D eigenvalue weighted by atomic mass is 19.3. The lowest BCUT2D eigenvalue weighted by Gasteiger charge is -1.97. The fraction of sp³-hybridized carbons (Fsp3) is 0.316. The minimum absolute atomic E-state index is 0.231. The van der Waals surface area contributed by atoms with Crippen LogP contribution in [0.25, 0.3) is 0 Å². The summed E-state index contributed by atoms with van der Waals surface area (Å²) in [7, 11) is 0. The first-order valence-electron chi connectivity index (χ1n) is 7.87. The number of carbonyl (C=O) groups excluding carboxylic acids is 1. The highest BCUT2D eigenvalue weighted by molar-refractivity contribution is 5.88. The number of carbonyl (C=O) groups is 1. The van der Waals surface area contributed by atoms with Crippen molar-refractivity contribution in [2.75, 3.05) is 5.73 Å². The maximum Gasteiger partial charge on any atom is 0.379 e. The van der Waals surface area contributed by atoms with Gasteiger partial charge in [-0.15, -0.1) is 0 Å². The zero-order valence-corrected chi connectivity index (χ0v) is 14.3. The molecule has 2 N–H and O–H groups in total. The van der Waals surface area contributed by atoms with Crippen molar-refractivity contribution in [2.24, 2.45) is 0 Å². The summed E-state index contributed by atoms with van der Waals surface area (Å²) >= 11 is 0. The molecular weight excluding hydrogens is 293 g/mol. The molecule has 126 valence electrons. The van der Waals surface area contributed by atoms with E-state index in [1.807, 2.05) is 32.9 Å². The third-order valence-electron chi connectivity index (χ3n) is 3.06. The van der Waals surface area contributed by atoms with Crippen LogP contribution in [0.5, 0.6) is 0 Å². The largest absolute Gasteiger partial charge is 0.399 e. The normalized spacial score (nSPS) is 8.91. The Morgan fingerprint density at radius 3 is 1.65 bits per heavy atom. The van der Waals surface area contributed by atoms with Gasteiger partial charge in [-0.3, -0.25) is 0 Å². The summed E-state index contributed by atoms with van der Waals surface area (Å²) in [5.41, 5.74) is 8.99. The van der Waals surface area contributed by atoms with E-state index in [1.54, 1.807) is 24.3 Å². The van der Waals surface area contributed by atoms with E-state index in [0.29, 0.717) is 0 Å². The minimum atomic E-state index is -0.947. The van der Waals surface area contributed by atoms with E-state index in [9.17, 15) is 9.32 Å². The summed E-state index contributed by atoms with van der Waals surface area (Å²) in [6, 6.07) is 14.6. The van der Waals surface area contributed by atoms with E-state index in [-0.39, 0.29) is 5.56 Å². The van der Waals surface area contributed by atoms with Gasteiger partial charge in [-0.2, -0.15) is 0 Å². The molecule has 0 saturated heterocycles. The zero-order valence-electron chi connectivity index (χ0n) is 14.3. The Hall–Kier alpha value is -2.36. The summed E-state index contributed by atoms with van der Waals surface area (Å²) in [6.45, 7) is 8.13. The van der Waals surface area contributed by atoms with Gasteiger partial charge >= 0.3 is 5.97 Å². The van der Waals surface area contributed by atoms with Crippen LogP contribution in [0, 0.1) is 0 Å². The van der Waals surface area contributed by atoms with Gasteiger partial charge in [-0.25, -0.2) is 9.74 Å². The van der Waals surface area contributed by atoms with E-state index >= 15 is 0 Å². The number of aryl methyl sites for hydroxylation is 2. The average molecular weight is 319 g/mol. The number of halogens is 1. The van der Waals surface area contributed by atoms with E-state index in [1.165, 1.54) is 5.56 Å². The minimum Gasteiger partial charge on any atom is -0.399 e. The van der Waals surface area contributed by atoms with E-state index in [2.05, 4.69) is 24.0 Å². The van der Waals surface area contributed by atoms with E-state index in [4.69, 9.17) is 5.73 Å². The third-order valence-corrected chi connectivity index (χ3v) is 3.06. The predicted octanol–water partition coefficient (Wildman–Crippen LogP) is 5.15. The summed E-state index contributed by atoms with van der Waals surface area (Å²) in [4.78, 5) is 13.7. The second-order valence-corrected chi connectivity index (χ2v) is 4.51. The molecular formula is C19H26FNO2. The first-order chi connectivity index (χ1) is 11.1. The highest BCUT2D eigenvalue weighted by Crippen LogP contribution is 2.06. The summed E-state index contributed by atoms with van der Waals surface area (Å²) in [6.07, 6.45) is 1.98. The molecule has 23 heavy (non-hydrogen) atoms. The van der Waals surface area contributed by atoms with Gasteiger partial charge in [-0.05, 0) is 48.2 Å². The third kappa shape index (κ3) is 8.00. The Bertz CT molecular complexity index is 551. The molecule has 0 radical (unpaired) electrons. The quantitative estimate of drug-likeness (QED) is 0.796.